The third-order valence-electron chi connectivity index (χ3n) is 5.40. The molecule has 0 fully saturated rings. The maximum atomic E-state index is 10.1. The van der Waals surface area contributed by atoms with Crippen molar-refractivity contribution in [3.63, 3.8) is 0 Å². The second-order valence-electron chi connectivity index (χ2n) is 7.26. The topological polar surface area (TPSA) is 65.4 Å². The number of nitrogens with zero attached hydrogens (tertiary/aromatic N) is 3. The number of nitrogens with two attached hydrogens (primary N) is 1. The van der Waals surface area contributed by atoms with Crippen LogP contribution in [0.25, 0.3) is 0 Å². The van der Waals surface area contributed by atoms with Crippen molar-refractivity contribution in [1.29, 1.82) is 5.26 Å². The minimum Gasteiger partial charge on any atom is -0.383 e. The number of rotatable bonds is 4. The summed E-state index contributed by atoms with van der Waals surface area (Å²) in [6, 6.07) is 30.6. The van der Waals surface area contributed by atoms with Crippen LogP contribution in [0.15, 0.2) is 101 Å². The fourth-order valence-corrected chi connectivity index (χ4v) is 4.02. The zero-order valence-electron chi connectivity index (χ0n) is 16.5. The van der Waals surface area contributed by atoms with Gasteiger partial charge in [-0.1, -0.05) is 72.8 Å². The highest BCUT2D eigenvalue weighted by Gasteiger charge is 2.48. The molecular weight excluding hydrogens is 356 g/mol. The normalized spacial score (nSPS) is 15.0. The maximum Gasteiger partial charge on any atom is 0.139 e. The maximum absolute atomic E-state index is 10.1. The third-order valence-corrected chi connectivity index (χ3v) is 5.40. The van der Waals surface area contributed by atoms with Crippen molar-refractivity contribution < 1.29 is 0 Å². The minimum absolute atomic E-state index is 0.270. The van der Waals surface area contributed by atoms with E-state index in [4.69, 9.17) is 10.7 Å². The molecule has 0 radical (unpaired) electrons. The number of aliphatic imine (C=N–C) groups is 1. The van der Waals surface area contributed by atoms with Crippen LogP contribution >= 0.6 is 0 Å². The monoisotopic (exact) mass is 378 g/mol. The molecule has 1 aliphatic rings. The average Bonchev–Trinajstić information content (AvgIpc) is 3.08. The smallest absolute Gasteiger partial charge is 0.139 e. The lowest BCUT2D eigenvalue weighted by molar-refractivity contribution is 0.842. The van der Waals surface area contributed by atoms with Crippen LogP contribution in [-0.4, -0.2) is 19.8 Å². The second kappa shape index (κ2) is 7.29. The van der Waals surface area contributed by atoms with E-state index in [1.807, 2.05) is 86.9 Å². The molecule has 0 saturated carbocycles. The molecule has 0 aromatic heterocycles. The van der Waals surface area contributed by atoms with Gasteiger partial charge in [0.2, 0.25) is 0 Å². The van der Waals surface area contributed by atoms with Crippen molar-refractivity contribution in [2.24, 2.45) is 10.7 Å². The van der Waals surface area contributed by atoms with Crippen molar-refractivity contribution in [2.75, 3.05) is 19.0 Å². The van der Waals surface area contributed by atoms with Gasteiger partial charge in [-0.25, -0.2) is 4.99 Å². The zero-order chi connectivity index (χ0) is 20.4. The lowest BCUT2D eigenvalue weighted by Gasteiger charge is -2.33. The molecule has 1 aliphatic heterocycles. The highest BCUT2D eigenvalue weighted by Crippen LogP contribution is 2.46. The molecule has 0 amide bonds. The van der Waals surface area contributed by atoms with Gasteiger partial charge in [-0.15, -0.1) is 0 Å². The van der Waals surface area contributed by atoms with E-state index in [0.717, 1.165) is 28.1 Å². The third kappa shape index (κ3) is 2.88. The summed E-state index contributed by atoms with van der Waals surface area (Å²) < 4.78 is 0. The molecule has 4 rings (SSSR count). The van der Waals surface area contributed by atoms with Crippen molar-refractivity contribution in [3.05, 3.63) is 113 Å². The first-order valence-electron chi connectivity index (χ1n) is 9.47. The van der Waals surface area contributed by atoms with Gasteiger partial charge in [-0.3, -0.25) is 0 Å². The Bertz CT molecular complexity index is 1080. The molecule has 0 atom stereocenters. The largest absolute Gasteiger partial charge is 0.383 e. The summed E-state index contributed by atoms with van der Waals surface area (Å²) in [6.45, 7) is 0. The van der Waals surface area contributed by atoms with Crippen LogP contribution in [-0.2, 0) is 5.41 Å². The van der Waals surface area contributed by atoms with Gasteiger partial charge in [-0.2, -0.15) is 5.26 Å². The molecule has 4 nitrogen and oxygen atoms in total. The van der Waals surface area contributed by atoms with E-state index < -0.39 is 5.41 Å². The van der Waals surface area contributed by atoms with E-state index in [-0.39, 0.29) is 5.82 Å². The summed E-state index contributed by atoms with van der Waals surface area (Å²) in [5.74, 6) is 0.270. The first kappa shape index (κ1) is 18.5. The van der Waals surface area contributed by atoms with E-state index in [1.165, 1.54) is 0 Å². The molecule has 0 aliphatic carbocycles. The quantitative estimate of drug-likeness (QED) is 0.739. The number of hydrogen-bond acceptors (Lipinski definition) is 4. The molecule has 0 saturated heterocycles. The molecule has 0 unspecified atom stereocenters. The Balaban J connectivity index is 2.02. The van der Waals surface area contributed by atoms with Crippen molar-refractivity contribution in [2.45, 2.75) is 5.41 Å². The van der Waals surface area contributed by atoms with Gasteiger partial charge in [0.05, 0.1) is 11.3 Å². The van der Waals surface area contributed by atoms with Crippen molar-refractivity contribution >= 4 is 11.4 Å². The van der Waals surface area contributed by atoms with Crippen LogP contribution in [0.1, 0.15) is 16.7 Å². The van der Waals surface area contributed by atoms with Crippen LogP contribution in [0.2, 0.25) is 0 Å². The van der Waals surface area contributed by atoms with Crippen LogP contribution in [0.5, 0.6) is 0 Å². The van der Waals surface area contributed by atoms with Crippen LogP contribution in [0.4, 0.5) is 5.69 Å². The Morgan fingerprint density at radius 1 is 0.828 bits per heavy atom. The van der Waals surface area contributed by atoms with E-state index in [9.17, 15) is 5.26 Å². The Hall–Kier alpha value is -3.84. The summed E-state index contributed by atoms with van der Waals surface area (Å²) in [7, 11) is 4.02. The van der Waals surface area contributed by atoms with E-state index in [2.05, 4.69) is 23.1 Å². The van der Waals surface area contributed by atoms with Gasteiger partial charge in [-0.05, 0) is 28.8 Å². The number of nitriles is 1. The first-order chi connectivity index (χ1) is 14.1. The number of hydrogen-bond donors (Lipinski definition) is 1. The minimum atomic E-state index is -0.846. The molecule has 2 N–H and O–H groups in total. The fourth-order valence-electron chi connectivity index (χ4n) is 4.02. The molecule has 1 heterocycles. The SMILES string of the molecule is CN(C)c1ccc(C2=NC(N)=C(C#N)C2(c2ccccc2)c2ccccc2)cc1. The molecule has 4 heteroatoms. The lowest BCUT2D eigenvalue weighted by Crippen LogP contribution is -2.37. The molecule has 3 aromatic carbocycles. The van der Waals surface area contributed by atoms with E-state index >= 15 is 0 Å². The van der Waals surface area contributed by atoms with Crippen molar-refractivity contribution in [1.82, 2.24) is 0 Å². The van der Waals surface area contributed by atoms with E-state index in [1.54, 1.807) is 0 Å². The van der Waals surface area contributed by atoms with Crippen LogP contribution in [0, 0.1) is 11.3 Å². The molecule has 29 heavy (non-hydrogen) atoms. The average molecular weight is 378 g/mol. The lowest BCUT2D eigenvalue weighted by atomic mass is 9.65. The van der Waals surface area contributed by atoms with Gasteiger partial charge in [0.25, 0.3) is 0 Å². The summed E-state index contributed by atoms with van der Waals surface area (Å²) in [5.41, 5.74) is 10.7. The van der Waals surface area contributed by atoms with Crippen LogP contribution in [0.3, 0.4) is 0 Å². The summed E-state index contributed by atoms with van der Waals surface area (Å²) in [5, 5.41) is 10.1. The van der Waals surface area contributed by atoms with Crippen LogP contribution < -0.4 is 10.6 Å². The van der Waals surface area contributed by atoms with E-state index in [0.29, 0.717) is 5.57 Å². The zero-order valence-corrected chi connectivity index (χ0v) is 16.5. The summed E-state index contributed by atoms with van der Waals surface area (Å²) in [4.78, 5) is 6.78. The summed E-state index contributed by atoms with van der Waals surface area (Å²) >= 11 is 0. The first-order valence-corrected chi connectivity index (χ1v) is 9.47. The Kier molecular flexibility index (Phi) is 4.66. The second-order valence-corrected chi connectivity index (χ2v) is 7.26. The Morgan fingerprint density at radius 3 is 1.79 bits per heavy atom. The van der Waals surface area contributed by atoms with Gasteiger partial charge < -0.3 is 10.6 Å². The molecule has 0 bridgehead atoms. The number of benzene rings is 3. The molecule has 0 spiro atoms. The number of anilines is 1. The standard InChI is InChI=1S/C25H22N4/c1-29(2)21-15-13-18(14-16-21)23-25(19-9-5-3-6-10-19,20-11-7-4-8-12-20)22(17-26)24(27)28-23/h3-16H,27H2,1-2H3. The Morgan fingerprint density at radius 2 is 1.34 bits per heavy atom. The molecule has 142 valence electrons. The number of allylic oxidation sites excluding steroid dienone is 1. The fraction of sp³-hybridized carbons (Fsp3) is 0.120. The highest BCUT2D eigenvalue weighted by molar-refractivity contribution is 6.15. The van der Waals surface area contributed by atoms with Crippen molar-refractivity contribution in [3.8, 4) is 6.07 Å². The molecular formula is C25H22N4. The summed E-state index contributed by atoms with van der Waals surface area (Å²) in [6.07, 6.45) is 0. The molecule has 3 aromatic rings. The highest BCUT2D eigenvalue weighted by atomic mass is 15.1. The van der Waals surface area contributed by atoms with Gasteiger partial charge in [0, 0.05) is 19.8 Å². The van der Waals surface area contributed by atoms with Gasteiger partial charge in [0.15, 0.2) is 0 Å². The van der Waals surface area contributed by atoms with Gasteiger partial charge >= 0.3 is 0 Å². The van der Waals surface area contributed by atoms with Gasteiger partial charge in [0.1, 0.15) is 17.3 Å². The Labute approximate surface area is 171 Å². The predicted octanol–water partition coefficient (Wildman–Crippen LogP) is 4.24. The predicted molar refractivity (Wildman–Crippen MR) is 118 cm³/mol.